The van der Waals surface area contributed by atoms with Crippen LogP contribution in [0.1, 0.15) is 41.2 Å². The molecule has 3 rings (SSSR count). The van der Waals surface area contributed by atoms with E-state index < -0.39 is 0 Å². The van der Waals surface area contributed by atoms with Gasteiger partial charge in [0.1, 0.15) is 0 Å². The Morgan fingerprint density at radius 2 is 2.37 bits per heavy atom. The molecule has 2 atom stereocenters. The fourth-order valence-electron chi connectivity index (χ4n) is 2.52. The second kappa shape index (κ2) is 5.23. The van der Waals surface area contributed by atoms with Crippen LogP contribution < -0.4 is 10.2 Å². The van der Waals surface area contributed by atoms with Crippen LogP contribution in [0.3, 0.4) is 0 Å². The lowest BCUT2D eigenvalue weighted by Crippen LogP contribution is -2.32. The molecule has 3 heterocycles. The van der Waals surface area contributed by atoms with Gasteiger partial charge in [-0.1, -0.05) is 0 Å². The minimum atomic E-state index is 0.378. The maximum Gasteiger partial charge on any atom is 0.186 e. The lowest BCUT2D eigenvalue weighted by Gasteiger charge is -2.33. The number of thiophene rings is 1. The maximum atomic E-state index is 4.62. The molecule has 0 aromatic carbocycles. The summed E-state index contributed by atoms with van der Waals surface area (Å²) in [5, 5.41) is 6.64. The number of thiazole rings is 1. The molecule has 0 bridgehead atoms. The number of hydrogen-bond acceptors (Lipinski definition) is 5. The molecule has 0 aliphatic carbocycles. The molecule has 1 aliphatic rings. The topological polar surface area (TPSA) is 28.2 Å². The average Bonchev–Trinajstić information content (AvgIpc) is 3.07. The monoisotopic (exact) mass is 293 g/mol. The first-order valence-electron chi connectivity index (χ1n) is 6.66. The van der Waals surface area contributed by atoms with Crippen LogP contribution in [0.25, 0.3) is 0 Å². The van der Waals surface area contributed by atoms with Crippen molar-refractivity contribution in [2.75, 3.05) is 18.5 Å². The number of nitrogens with one attached hydrogen (secondary N) is 1. The molecule has 19 heavy (non-hydrogen) atoms. The molecule has 0 radical (unpaired) electrons. The Morgan fingerprint density at radius 1 is 1.53 bits per heavy atom. The molecular weight excluding hydrogens is 274 g/mol. The van der Waals surface area contributed by atoms with Crippen LogP contribution in [0.4, 0.5) is 5.13 Å². The highest BCUT2D eigenvalue weighted by Crippen LogP contribution is 2.38. The summed E-state index contributed by atoms with van der Waals surface area (Å²) in [4.78, 5) is 9.91. The minimum absolute atomic E-state index is 0.378. The summed E-state index contributed by atoms with van der Waals surface area (Å²) in [6.07, 6.45) is 3.16. The highest BCUT2D eigenvalue weighted by atomic mass is 32.1. The minimum Gasteiger partial charge on any atom is -0.341 e. The number of hydrogen-bond donors (Lipinski definition) is 1. The largest absolute Gasteiger partial charge is 0.341 e. The number of aromatic nitrogens is 1. The van der Waals surface area contributed by atoms with Gasteiger partial charge in [0, 0.05) is 28.5 Å². The van der Waals surface area contributed by atoms with Crippen LogP contribution in [-0.4, -0.2) is 18.6 Å². The van der Waals surface area contributed by atoms with E-state index in [1.54, 1.807) is 4.88 Å². The third-order valence-corrected chi connectivity index (χ3v) is 6.11. The third kappa shape index (κ3) is 2.30. The van der Waals surface area contributed by atoms with E-state index >= 15 is 0 Å². The predicted molar refractivity (Wildman–Crippen MR) is 83.4 cm³/mol. The molecule has 2 aromatic rings. The van der Waals surface area contributed by atoms with Crippen molar-refractivity contribution in [3.63, 3.8) is 0 Å². The summed E-state index contributed by atoms with van der Waals surface area (Å²) in [5.41, 5.74) is 1.48. The molecule has 0 amide bonds. The quantitative estimate of drug-likeness (QED) is 0.937. The SMILES string of the molecule is CNC(C)c1cnc(N2CCc3sccc3C2C)s1. The molecule has 2 aromatic heterocycles. The zero-order valence-corrected chi connectivity index (χ0v) is 13.1. The van der Waals surface area contributed by atoms with Crippen molar-refractivity contribution in [3.8, 4) is 0 Å². The van der Waals surface area contributed by atoms with Gasteiger partial charge in [-0.3, -0.25) is 0 Å². The van der Waals surface area contributed by atoms with Crippen LogP contribution in [-0.2, 0) is 6.42 Å². The lowest BCUT2D eigenvalue weighted by molar-refractivity contribution is 0.631. The van der Waals surface area contributed by atoms with Crippen molar-refractivity contribution in [1.29, 1.82) is 0 Å². The van der Waals surface area contributed by atoms with E-state index in [-0.39, 0.29) is 0 Å². The standard InChI is InChI=1S/C14H19N3S2/c1-9(15-3)13-8-16-14(19-13)17-6-4-12-11(10(17)2)5-7-18-12/h5,7-10,15H,4,6H2,1-3H3. The predicted octanol–water partition coefficient (Wildman–Crippen LogP) is 3.61. The molecule has 2 unspecified atom stereocenters. The van der Waals surface area contributed by atoms with E-state index in [4.69, 9.17) is 0 Å². The summed E-state index contributed by atoms with van der Waals surface area (Å²) >= 11 is 3.70. The Balaban J connectivity index is 1.85. The number of fused-ring (bicyclic) bond motifs is 1. The van der Waals surface area contributed by atoms with Gasteiger partial charge in [-0.2, -0.15) is 0 Å². The second-order valence-corrected chi connectivity index (χ2v) is 7.02. The van der Waals surface area contributed by atoms with Crippen LogP contribution in [0.2, 0.25) is 0 Å². The number of anilines is 1. The lowest BCUT2D eigenvalue weighted by atomic mass is 10.0. The van der Waals surface area contributed by atoms with E-state index in [1.165, 1.54) is 10.4 Å². The highest BCUT2D eigenvalue weighted by molar-refractivity contribution is 7.15. The van der Waals surface area contributed by atoms with Gasteiger partial charge in [0.15, 0.2) is 5.13 Å². The third-order valence-electron chi connectivity index (χ3n) is 3.89. The van der Waals surface area contributed by atoms with Crippen LogP contribution in [0, 0.1) is 0 Å². The van der Waals surface area contributed by atoms with Gasteiger partial charge in [0.2, 0.25) is 0 Å². The summed E-state index contributed by atoms with van der Waals surface area (Å²) < 4.78 is 0. The van der Waals surface area contributed by atoms with Crippen LogP contribution in [0.15, 0.2) is 17.6 Å². The molecule has 1 N–H and O–H groups in total. The molecule has 5 heteroatoms. The van der Waals surface area contributed by atoms with E-state index in [0.717, 1.165) is 18.1 Å². The smallest absolute Gasteiger partial charge is 0.186 e. The Hall–Kier alpha value is -0.910. The molecule has 0 saturated heterocycles. The van der Waals surface area contributed by atoms with Crippen molar-refractivity contribution in [2.24, 2.45) is 0 Å². The van der Waals surface area contributed by atoms with Gasteiger partial charge in [-0.05, 0) is 44.3 Å². The van der Waals surface area contributed by atoms with Crippen LogP contribution >= 0.6 is 22.7 Å². The normalized spacial score (nSPS) is 20.4. The highest BCUT2D eigenvalue weighted by Gasteiger charge is 2.26. The Morgan fingerprint density at radius 3 is 3.16 bits per heavy atom. The van der Waals surface area contributed by atoms with Gasteiger partial charge < -0.3 is 10.2 Å². The average molecular weight is 293 g/mol. The Labute approximate surface area is 122 Å². The molecule has 0 spiro atoms. The summed E-state index contributed by atoms with van der Waals surface area (Å²) in [6.45, 7) is 5.54. The van der Waals surface area contributed by atoms with Crippen LogP contribution in [0.5, 0.6) is 0 Å². The molecule has 3 nitrogen and oxygen atoms in total. The molecular formula is C14H19N3S2. The van der Waals surface area contributed by atoms with Crippen molar-refractivity contribution >= 4 is 27.8 Å². The number of rotatable bonds is 3. The summed E-state index contributed by atoms with van der Waals surface area (Å²) in [7, 11) is 1.99. The first kappa shape index (κ1) is 13.1. The Bertz CT molecular complexity index is 561. The van der Waals surface area contributed by atoms with E-state index in [0.29, 0.717) is 12.1 Å². The first-order chi connectivity index (χ1) is 9.20. The molecule has 0 fully saturated rings. The summed E-state index contributed by atoms with van der Waals surface area (Å²) in [5.74, 6) is 0. The van der Waals surface area contributed by atoms with Crippen molar-refractivity contribution in [1.82, 2.24) is 10.3 Å². The van der Waals surface area contributed by atoms with Crippen molar-refractivity contribution in [2.45, 2.75) is 32.4 Å². The van der Waals surface area contributed by atoms with Gasteiger partial charge in [0.25, 0.3) is 0 Å². The molecule has 102 valence electrons. The van der Waals surface area contributed by atoms with Gasteiger partial charge >= 0.3 is 0 Å². The van der Waals surface area contributed by atoms with E-state index in [1.807, 2.05) is 35.9 Å². The fourth-order valence-corrected chi connectivity index (χ4v) is 4.57. The second-order valence-electron chi connectivity index (χ2n) is 4.97. The van der Waals surface area contributed by atoms with Gasteiger partial charge in [-0.25, -0.2) is 4.98 Å². The zero-order valence-electron chi connectivity index (χ0n) is 11.5. The number of nitrogens with zero attached hydrogens (tertiary/aromatic N) is 2. The van der Waals surface area contributed by atoms with Crippen molar-refractivity contribution in [3.05, 3.63) is 33.0 Å². The van der Waals surface area contributed by atoms with Crippen molar-refractivity contribution < 1.29 is 0 Å². The van der Waals surface area contributed by atoms with E-state index in [2.05, 4.69) is 40.5 Å². The Kier molecular flexibility index (Phi) is 3.60. The summed E-state index contributed by atoms with van der Waals surface area (Å²) in [6, 6.07) is 3.09. The van der Waals surface area contributed by atoms with E-state index in [9.17, 15) is 0 Å². The van der Waals surface area contributed by atoms with Gasteiger partial charge in [-0.15, -0.1) is 22.7 Å². The first-order valence-corrected chi connectivity index (χ1v) is 8.36. The maximum absolute atomic E-state index is 4.62. The fraction of sp³-hybridized carbons (Fsp3) is 0.500. The molecule has 0 saturated carbocycles. The zero-order chi connectivity index (χ0) is 13.4. The van der Waals surface area contributed by atoms with Gasteiger partial charge in [0.05, 0.1) is 6.04 Å². The molecule has 1 aliphatic heterocycles.